The summed E-state index contributed by atoms with van der Waals surface area (Å²) >= 11 is 11.8. The minimum Gasteiger partial charge on any atom is -0.326 e. The summed E-state index contributed by atoms with van der Waals surface area (Å²) in [5.74, 6) is -0.0756. The molecule has 0 saturated heterocycles. The molecule has 2 rings (SSSR count). The minimum atomic E-state index is -0.0756. The van der Waals surface area contributed by atoms with E-state index in [0.717, 1.165) is 22.4 Å². The summed E-state index contributed by atoms with van der Waals surface area (Å²) in [6, 6.07) is 11.2. The van der Waals surface area contributed by atoms with Crippen LogP contribution < -0.4 is 5.32 Å². The summed E-state index contributed by atoms with van der Waals surface area (Å²) in [4.78, 5) is 12.0. The van der Waals surface area contributed by atoms with E-state index >= 15 is 0 Å². The number of hydrogen-bond donors (Lipinski definition) is 1. The third kappa shape index (κ3) is 3.99. The van der Waals surface area contributed by atoms with E-state index in [9.17, 15) is 4.79 Å². The van der Waals surface area contributed by atoms with Crippen molar-refractivity contribution in [1.82, 2.24) is 0 Å². The first-order valence-electron chi connectivity index (χ1n) is 6.26. The molecule has 0 aliphatic heterocycles. The van der Waals surface area contributed by atoms with Gasteiger partial charge in [0.25, 0.3) is 0 Å². The molecule has 0 unspecified atom stereocenters. The maximum absolute atomic E-state index is 12.0. The molecular weight excluding hydrogens is 293 g/mol. The lowest BCUT2D eigenvalue weighted by molar-refractivity contribution is -0.115. The molecule has 4 heteroatoms. The molecular formula is C16H15Cl2NO. The van der Waals surface area contributed by atoms with E-state index in [2.05, 4.69) is 11.4 Å². The number of carbonyl (C=O) groups is 1. The van der Waals surface area contributed by atoms with Crippen LogP contribution in [0.3, 0.4) is 0 Å². The molecule has 0 aliphatic carbocycles. The third-order valence-electron chi connectivity index (χ3n) is 2.85. The van der Waals surface area contributed by atoms with Crippen LogP contribution in [-0.4, -0.2) is 5.91 Å². The molecule has 2 aromatic carbocycles. The van der Waals surface area contributed by atoms with E-state index in [1.54, 1.807) is 18.2 Å². The third-order valence-corrected chi connectivity index (χ3v) is 3.59. The molecule has 0 fully saturated rings. The Morgan fingerprint density at radius 2 is 1.65 bits per heavy atom. The Bertz CT molecular complexity index is 633. The van der Waals surface area contributed by atoms with Gasteiger partial charge < -0.3 is 5.32 Å². The second-order valence-electron chi connectivity index (χ2n) is 4.85. The average Bonchev–Trinajstić information content (AvgIpc) is 2.32. The van der Waals surface area contributed by atoms with Crippen molar-refractivity contribution in [2.24, 2.45) is 0 Å². The van der Waals surface area contributed by atoms with Crippen molar-refractivity contribution >= 4 is 34.8 Å². The normalized spacial score (nSPS) is 10.4. The van der Waals surface area contributed by atoms with Gasteiger partial charge in [-0.2, -0.15) is 0 Å². The molecule has 0 aliphatic rings. The number of hydrogen-bond acceptors (Lipinski definition) is 1. The molecule has 0 atom stereocenters. The van der Waals surface area contributed by atoms with Crippen molar-refractivity contribution in [1.29, 1.82) is 0 Å². The Kier molecular flexibility index (Phi) is 4.69. The number of aryl methyl sites for hydroxylation is 2. The summed E-state index contributed by atoms with van der Waals surface area (Å²) in [7, 11) is 0. The first kappa shape index (κ1) is 14.9. The fourth-order valence-corrected chi connectivity index (χ4v) is 2.41. The number of anilines is 1. The van der Waals surface area contributed by atoms with Crippen LogP contribution >= 0.6 is 23.2 Å². The Balaban J connectivity index is 2.06. The minimum absolute atomic E-state index is 0.0756. The Labute approximate surface area is 128 Å². The fourth-order valence-electron chi connectivity index (χ4n) is 2.09. The summed E-state index contributed by atoms with van der Waals surface area (Å²) in [6.45, 7) is 4.00. The van der Waals surface area contributed by atoms with Gasteiger partial charge >= 0.3 is 0 Å². The summed E-state index contributed by atoms with van der Waals surface area (Å²) in [5, 5.41) is 3.84. The highest BCUT2D eigenvalue weighted by molar-refractivity contribution is 6.42. The molecule has 0 spiro atoms. The predicted molar refractivity (Wildman–Crippen MR) is 84.7 cm³/mol. The largest absolute Gasteiger partial charge is 0.326 e. The summed E-state index contributed by atoms with van der Waals surface area (Å²) in [5.41, 5.74) is 3.89. The Morgan fingerprint density at radius 1 is 1.00 bits per heavy atom. The maximum Gasteiger partial charge on any atom is 0.228 e. The second-order valence-corrected chi connectivity index (χ2v) is 5.66. The van der Waals surface area contributed by atoms with Gasteiger partial charge in [-0.25, -0.2) is 0 Å². The van der Waals surface area contributed by atoms with E-state index < -0.39 is 0 Å². The molecule has 0 bridgehead atoms. The van der Waals surface area contributed by atoms with Crippen molar-refractivity contribution in [3.8, 4) is 0 Å². The van der Waals surface area contributed by atoms with Crippen LogP contribution in [0.5, 0.6) is 0 Å². The number of rotatable bonds is 3. The Hall–Kier alpha value is -1.51. The van der Waals surface area contributed by atoms with Gasteiger partial charge in [-0.1, -0.05) is 35.3 Å². The lowest BCUT2D eigenvalue weighted by atomic mass is 10.1. The molecule has 104 valence electrons. The lowest BCUT2D eigenvalue weighted by Gasteiger charge is -2.08. The van der Waals surface area contributed by atoms with E-state index in [4.69, 9.17) is 23.2 Å². The van der Waals surface area contributed by atoms with E-state index in [1.165, 1.54) is 0 Å². The number of benzene rings is 2. The van der Waals surface area contributed by atoms with Crippen molar-refractivity contribution in [3.05, 3.63) is 63.1 Å². The Morgan fingerprint density at radius 3 is 2.25 bits per heavy atom. The van der Waals surface area contributed by atoms with Gasteiger partial charge in [0.2, 0.25) is 5.91 Å². The quantitative estimate of drug-likeness (QED) is 0.867. The topological polar surface area (TPSA) is 29.1 Å². The van der Waals surface area contributed by atoms with Gasteiger partial charge in [0.1, 0.15) is 0 Å². The summed E-state index contributed by atoms with van der Waals surface area (Å²) < 4.78 is 0. The van der Waals surface area contributed by atoms with Gasteiger partial charge in [0.05, 0.1) is 16.5 Å². The van der Waals surface area contributed by atoms with E-state index in [-0.39, 0.29) is 12.3 Å². The van der Waals surface area contributed by atoms with Crippen LogP contribution in [0.15, 0.2) is 36.4 Å². The van der Waals surface area contributed by atoms with Crippen LogP contribution in [-0.2, 0) is 11.2 Å². The van der Waals surface area contributed by atoms with Crippen molar-refractivity contribution in [2.45, 2.75) is 20.3 Å². The molecule has 2 aromatic rings. The lowest BCUT2D eigenvalue weighted by Crippen LogP contribution is -2.14. The van der Waals surface area contributed by atoms with Crippen molar-refractivity contribution in [2.75, 3.05) is 5.32 Å². The zero-order valence-electron chi connectivity index (χ0n) is 11.3. The van der Waals surface area contributed by atoms with Gasteiger partial charge in [0, 0.05) is 5.69 Å². The van der Waals surface area contributed by atoms with Gasteiger partial charge in [-0.15, -0.1) is 0 Å². The monoisotopic (exact) mass is 307 g/mol. The second kappa shape index (κ2) is 6.29. The SMILES string of the molecule is Cc1cc(C)cc(NC(=O)Cc2ccc(Cl)c(Cl)c2)c1. The first-order chi connectivity index (χ1) is 9.44. The number of carbonyl (C=O) groups excluding carboxylic acids is 1. The maximum atomic E-state index is 12.0. The van der Waals surface area contributed by atoms with Crippen molar-refractivity contribution < 1.29 is 4.79 Å². The zero-order chi connectivity index (χ0) is 14.7. The smallest absolute Gasteiger partial charge is 0.228 e. The molecule has 0 heterocycles. The fraction of sp³-hybridized carbons (Fsp3) is 0.188. The molecule has 0 saturated carbocycles. The van der Waals surface area contributed by atoms with Crippen LogP contribution in [0.25, 0.3) is 0 Å². The zero-order valence-corrected chi connectivity index (χ0v) is 12.8. The molecule has 0 aromatic heterocycles. The van der Waals surface area contributed by atoms with Crippen LogP contribution in [0.4, 0.5) is 5.69 Å². The first-order valence-corrected chi connectivity index (χ1v) is 7.02. The van der Waals surface area contributed by atoms with Crippen LogP contribution in [0, 0.1) is 13.8 Å². The number of amides is 1. The van der Waals surface area contributed by atoms with E-state index in [0.29, 0.717) is 10.0 Å². The molecule has 20 heavy (non-hydrogen) atoms. The summed E-state index contributed by atoms with van der Waals surface area (Å²) in [6.07, 6.45) is 0.268. The van der Waals surface area contributed by atoms with Gasteiger partial charge in [-0.3, -0.25) is 4.79 Å². The highest BCUT2D eigenvalue weighted by atomic mass is 35.5. The van der Waals surface area contributed by atoms with Gasteiger partial charge in [0.15, 0.2) is 0 Å². The highest BCUT2D eigenvalue weighted by Gasteiger charge is 2.07. The van der Waals surface area contributed by atoms with Crippen molar-refractivity contribution in [3.63, 3.8) is 0 Å². The molecule has 0 radical (unpaired) electrons. The van der Waals surface area contributed by atoms with E-state index in [1.807, 2.05) is 26.0 Å². The molecule has 1 amide bonds. The van der Waals surface area contributed by atoms with Gasteiger partial charge in [-0.05, 0) is 54.8 Å². The average molecular weight is 308 g/mol. The highest BCUT2D eigenvalue weighted by Crippen LogP contribution is 2.23. The number of halogens is 2. The van der Waals surface area contributed by atoms with Crippen LogP contribution in [0.2, 0.25) is 10.0 Å². The van der Waals surface area contributed by atoms with Crippen LogP contribution in [0.1, 0.15) is 16.7 Å². The standard InChI is InChI=1S/C16H15Cl2NO/c1-10-5-11(2)7-13(6-10)19-16(20)9-12-3-4-14(17)15(18)8-12/h3-8H,9H2,1-2H3,(H,19,20). The molecule has 1 N–H and O–H groups in total. The number of nitrogens with one attached hydrogen (secondary N) is 1. The molecule has 2 nitrogen and oxygen atoms in total. The predicted octanol–water partition coefficient (Wildman–Crippen LogP) is 4.79.